The van der Waals surface area contributed by atoms with E-state index in [0.29, 0.717) is 36.8 Å². The van der Waals surface area contributed by atoms with Gasteiger partial charge in [0.05, 0.1) is 17.6 Å². The molecule has 1 aromatic carbocycles. The molecule has 0 radical (unpaired) electrons. The summed E-state index contributed by atoms with van der Waals surface area (Å²) in [6.45, 7) is 2.63. The number of aryl methyl sites for hydroxylation is 1. The molecular formula is C14H18N4O4. The Balaban J connectivity index is 1.97. The van der Waals surface area contributed by atoms with E-state index in [1.165, 1.54) is 12.1 Å². The molecule has 8 heteroatoms. The fourth-order valence-electron chi connectivity index (χ4n) is 2.04. The number of aromatic nitrogens is 2. The summed E-state index contributed by atoms with van der Waals surface area (Å²) in [5.41, 5.74) is 0.463. The van der Waals surface area contributed by atoms with E-state index in [1.54, 1.807) is 19.2 Å². The van der Waals surface area contributed by atoms with Gasteiger partial charge in [-0.3, -0.25) is 15.0 Å². The van der Waals surface area contributed by atoms with Crippen molar-refractivity contribution in [3.05, 3.63) is 51.7 Å². The summed E-state index contributed by atoms with van der Waals surface area (Å²) >= 11 is 0. The van der Waals surface area contributed by atoms with Gasteiger partial charge in [-0.25, -0.2) is 0 Å². The van der Waals surface area contributed by atoms with Crippen LogP contribution in [0.1, 0.15) is 30.3 Å². The van der Waals surface area contributed by atoms with Gasteiger partial charge in [-0.2, -0.15) is 4.98 Å². The van der Waals surface area contributed by atoms with Crippen molar-refractivity contribution in [1.29, 1.82) is 0 Å². The molecule has 2 rings (SSSR count). The van der Waals surface area contributed by atoms with Crippen LogP contribution in [-0.4, -0.2) is 38.7 Å². The normalized spacial score (nSPS) is 12.5. The van der Waals surface area contributed by atoms with Crippen LogP contribution < -0.4 is 0 Å². The van der Waals surface area contributed by atoms with Crippen molar-refractivity contribution in [3.63, 3.8) is 0 Å². The average Bonchev–Trinajstić information content (AvgIpc) is 2.94. The third-order valence-electron chi connectivity index (χ3n) is 3.18. The molecule has 1 aromatic heterocycles. The predicted molar refractivity (Wildman–Crippen MR) is 78.1 cm³/mol. The van der Waals surface area contributed by atoms with Crippen LogP contribution in [0.3, 0.4) is 0 Å². The smallest absolute Gasteiger partial charge is 0.269 e. The molecule has 0 saturated heterocycles. The van der Waals surface area contributed by atoms with Gasteiger partial charge in [0.2, 0.25) is 5.89 Å². The zero-order valence-corrected chi connectivity index (χ0v) is 12.5. The Kier molecular flexibility index (Phi) is 5.18. The molecule has 0 bridgehead atoms. The van der Waals surface area contributed by atoms with Gasteiger partial charge in [0.15, 0.2) is 5.82 Å². The molecule has 0 spiro atoms. The van der Waals surface area contributed by atoms with Gasteiger partial charge in [-0.1, -0.05) is 24.2 Å². The number of nitro benzene ring substituents is 1. The molecule has 1 N–H and O–H groups in total. The molecule has 2 aromatic rings. The molecule has 0 aliphatic carbocycles. The topological polar surface area (TPSA) is 106 Å². The zero-order valence-electron chi connectivity index (χ0n) is 12.5. The molecule has 1 heterocycles. The van der Waals surface area contributed by atoms with E-state index >= 15 is 0 Å². The second-order valence-electron chi connectivity index (χ2n) is 5.02. The predicted octanol–water partition coefficient (Wildman–Crippen LogP) is 1.71. The SMILES string of the molecule is CCc1noc(CN(C)CC(O)c2cccc([N+](=O)[O-])c2)n1. The number of nitro groups is 1. The van der Waals surface area contributed by atoms with E-state index in [1.807, 2.05) is 11.8 Å². The van der Waals surface area contributed by atoms with Gasteiger partial charge >= 0.3 is 0 Å². The highest BCUT2D eigenvalue weighted by Gasteiger charge is 2.16. The lowest BCUT2D eigenvalue weighted by Crippen LogP contribution is -2.24. The number of benzene rings is 1. The Morgan fingerprint density at radius 3 is 2.91 bits per heavy atom. The van der Waals surface area contributed by atoms with E-state index in [2.05, 4.69) is 10.1 Å². The van der Waals surface area contributed by atoms with Gasteiger partial charge in [0.1, 0.15) is 0 Å². The monoisotopic (exact) mass is 306 g/mol. The zero-order chi connectivity index (χ0) is 16.1. The molecule has 22 heavy (non-hydrogen) atoms. The lowest BCUT2D eigenvalue weighted by molar-refractivity contribution is -0.385. The Morgan fingerprint density at radius 2 is 2.27 bits per heavy atom. The van der Waals surface area contributed by atoms with Crippen LogP contribution >= 0.6 is 0 Å². The fraction of sp³-hybridized carbons (Fsp3) is 0.429. The van der Waals surface area contributed by atoms with Crippen LogP contribution in [0.4, 0.5) is 5.69 Å². The van der Waals surface area contributed by atoms with Crippen LogP contribution in [0.15, 0.2) is 28.8 Å². The first kappa shape index (κ1) is 16.1. The standard InChI is InChI=1S/C14H18N4O4/c1-3-13-15-14(22-16-13)9-17(2)8-12(19)10-5-4-6-11(7-10)18(20)21/h4-7,12,19H,3,8-9H2,1-2H3. The Labute approximate surface area is 127 Å². The molecule has 0 fully saturated rings. The molecule has 8 nitrogen and oxygen atoms in total. The number of rotatable bonds is 7. The highest BCUT2D eigenvalue weighted by Crippen LogP contribution is 2.20. The first-order chi connectivity index (χ1) is 10.5. The quantitative estimate of drug-likeness (QED) is 0.613. The minimum atomic E-state index is -0.835. The van der Waals surface area contributed by atoms with Gasteiger partial charge in [0.25, 0.3) is 5.69 Å². The summed E-state index contributed by atoms with van der Waals surface area (Å²) < 4.78 is 5.09. The van der Waals surface area contributed by atoms with Crippen molar-refractivity contribution in [2.24, 2.45) is 0 Å². The van der Waals surface area contributed by atoms with E-state index in [4.69, 9.17) is 4.52 Å². The summed E-state index contributed by atoms with van der Waals surface area (Å²) in [5.74, 6) is 1.12. The van der Waals surface area contributed by atoms with Gasteiger partial charge in [-0.15, -0.1) is 0 Å². The van der Waals surface area contributed by atoms with Crippen LogP contribution in [0.5, 0.6) is 0 Å². The van der Waals surface area contributed by atoms with Gasteiger partial charge in [-0.05, 0) is 12.6 Å². The first-order valence-electron chi connectivity index (χ1n) is 6.92. The first-order valence-corrected chi connectivity index (χ1v) is 6.92. The lowest BCUT2D eigenvalue weighted by atomic mass is 10.1. The molecule has 1 unspecified atom stereocenters. The van der Waals surface area contributed by atoms with Gasteiger partial charge < -0.3 is 9.63 Å². The minimum Gasteiger partial charge on any atom is -0.387 e. The number of likely N-dealkylation sites (N-methyl/N-ethyl adjacent to an activating group) is 1. The minimum absolute atomic E-state index is 0.0382. The Morgan fingerprint density at radius 1 is 1.50 bits per heavy atom. The van der Waals surface area contributed by atoms with E-state index < -0.39 is 11.0 Å². The summed E-state index contributed by atoms with van der Waals surface area (Å²) in [6, 6.07) is 5.99. The third-order valence-corrected chi connectivity index (χ3v) is 3.18. The van der Waals surface area contributed by atoms with Crippen molar-refractivity contribution in [2.45, 2.75) is 26.0 Å². The van der Waals surface area contributed by atoms with Crippen LogP contribution in [0.2, 0.25) is 0 Å². The largest absolute Gasteiger partial charge is 0.387 e. The summed E-state index contributed by atoms with van der Waals surface area (Å²) in [4.78, 5) is 16.3. The number of hydrogen-bond acceptors (Lipinski definition) is 7. The number of nitrogens with zero attached hydrogens (tertiary/aromatic N) is 4. The molecule has 0 amide bonds. The third kappa shape index (κ3) is 4.09. The molecule has 0 aliphatic heterocycles. The van der Waals surface area contributed by atoms with Crippen molar-refractivity contribution in [1.82, 2.24) is 15.0 Å². The van der Waals surface area contributed by atoms with Crippen molar-refractivity contribution >= 4 is 5.69 Å². The second-order valence-corrected chi connectivity index (χ2v) is 5.02. The van der Waals surface area contributed by atoms with Crippen LogP contribution in [0, 0.1) is 10.1 Å². The van der Waals surface area contributed by atoms with Crippen molar-refractivity contribution in [2.75, 3.05) is 13.6 Å². The Hall–Kier alpha value is -2.32. The Bertz CT molecular complexity index is 643. The number of aliphatic hydroxyl groups excluding tert-OH is 1. The lowest BCUT2D eigenvalue weighted by Gasteiger charge is -2.19. The second kappa shape index (κ2) is 7.10. The summed E-state index contributed by atoms with van der Waals surface area (Å²) in [5, 5.41) is 24.8. The number of hydrogen-bond donors (Lipinski definition) is 1. The number of aliphatic hydroxyl groups is 1. The van der Waals surface area contributed by atoms with E-state index in [0.717, 1.165) is 0 Å². The van der Waals surface area contributed by atoms with E-state index in [9.17, 15) is 15.2 Å². The number of non-ortho nitro benzene ring substituents is 1. The van der Waals surface area contributed by atoms with E-state index in [-0.39, 0.29) is 5.69 Å². The van der Waals surface area contributed by atoms with Crippen molar-refractivity contribution in [3.8, 4) is 0 Å². The highest BCUT2D eigenvalue weighted by molar-refractivity contribution is 5.35. The molecule has 0 saturated carbocycles. The maximum atomic E-state index is 10.8. The van der Waals surface area contributed by atoms with Gasteiger partial charge in [0, 0.05) is 25.1 Å². The molecule has 118 valence electrons. The maximum Gasteiger partial charge on any atom is 0.269 e. The summed E-state index contributed by atoms with van der Waals surface area (Å²) in [7, 11) is 1.80. The molecule has 0 aliphatic rings. The molecule has 1 atom stereocenters. The summed E-state index contributed by atoms with van der Waals surface area (Å²) in [6.07, 6.45) is -0.137. The molecular weight excluding hydrogens is 288 g/mol. The van der Waals surface area contributed by atoms with Crippen molar-refractivity contribution < 1.29 is 14.6 Å². The highest BCUT2D eigenvalue weighted by atomic mass is 16.6. The fourth-order valence-corrected chi connectivity index (χ4v) is 2.04. The average molecular weight is 306 g/mol. The van der Waals surface area contributed by atoms with Crippen LogP contribution in [0.25, 0.3) is 0 Å². The maximum absolute atomic E-state index is 10.8. The van der Waals surface area contributed by atoms with Crippen LogP contribution in [-0.2, 0) is 13.0 Å².